The molecule has 1 aliphatic carbocycles. The predicted octanol–water partition coefficient (Wildman–Crippen LogP) is 1.27. The van der Waals surface area contributed by atoms with Gasteiger partial charge < -0.3 is 4.74 Å². The molecule has 88 valence electrons. The highest BCUT2D eigenvalue weighted by Crippen LogP contribution is 2.31. The normalized spacial score (nSPS) is 18.4. The Morgan fingerprint density at radius 3 is 3.18 bits per heavy atom. The van der Waals surface area contributed by atoms with Crippen LogP contribution in [0.5, 0.6) is 0 Å². The molecule has 0 saturated heterocycles. The van der Waals surface area contributed by atoms with Crippen LogP contribution in [0, 0.1) is 5.92 Å². The van der Waals surface area contributed by atoms with E-state index in [1.165, 1.54) is 7.11 Å². The molecule has 2 aromatic rings. The summed E-state index contributed by atoms with van der Waals surface area (Å²) in [5.74, 6) is -0.236. The van der Waals surface area contributed by atoms with Crippen molar-refractivity contribution < 1.29 is 9.53 Å². The number of hydrogen-bond donors (Lipinski definition) is 0. The lowest BCUT2D eigenvalue weighted by Gasteiger charge is -2.06. The zero-order chi connectivity index (χ0) is 12.0. The summed E-state index contributed by atoms with van der Waals surface area (Å²) in [6.45, 7) is 0. The Morgan fingerprint density at radius 2 is 2.41 bits per heavy atom. The predicted molar refractivity (Wildman–Crippen MR) is 60.9 cm³/mol. The van der Waals surface area contributed by atoms with Gasteiger partial charge in [-0.05, 0) is 35.6 Å². The summed E-state index contributed by atoms with van der Waals surface area (Å²) in [5.41, 5.74) is 3.16. The average Bonchev–Trinajstić information content (AvgIpc) is 2.84. The summed E-state index contributed by atoms with van der Waals surface area (Å²) in [7, 11) is 1.42. The van der Waals surface area contributed by atoms with Gasteiger partial charge in [-0.3, -0.25) is 4.79 Å². The number of rotatable bonds is 1. The number of carbonyl (C=O) groups is 1. The first-order valence-corrected chi connectivity index (χ1v) is 5.66. The summed E-state index contributed by atoms with van der Waals surface area (Å²) in [6, 6.07) is 0. The van der Waals surface area contributed by atoms with Crippen LogP contribution in [0.3, 0.4) is 0 Å². The van der Waals surface area contributed by atoms with Crippen LogP contribution in [0.15, 0.2) is 12.4 Å². The second-order valence-electron chi connectivity index (χ2n) is 4.12. The Balaban J connectivity index is 2.02. The van der Waals surface area contributed by atoms with Crippen LogP contribution in [0.4, 0.5) is 0 Å². The molecule has 2 aromatic heterocycles. The Hall–Kier alpha value is -1.62. The van der Waals surface area contributed by atoms with Crippen molar-refractivity contribution in [2.24, 2.45) is 5.92 Å². The zero-order valence-corrected chi connectivity index (χ0v) is 9.94. The van der Waals surface area contributed by atoms with Crippen LogP contribution < -0.4 is 0 Å². The quantitative estimate of drug-likeness (QED) is 0.717. The zero-order valence-electron chi connectivity index (χ0n) is 9.18. The minimum Gasteiger partial charge on any atom is -0.469 e. The van der Waals surface area contributed by atoms with Gasteiger partial charge in [-0.1, -0.05) is 0 Å². The maximum atomic E-state index is 11.5. The van der Waals surface area contributed by atoms with Crippen molar-refractivity contribution in [3.63, 3.8) is 0 Å². The molecule has 0 aromatic carbocycles. The van der Waals surface area contributed by atoms with Gasteiger partial charge in [0.05, 0.1) is 24.7 Å². The third kappa shape index (κ3) is 1.58. The Morgan fingerprint density at radius 1 is 1.59 bits per heavy atom. The van der Waals surface area contributed by atoms with Crippen molar-refractivity contribution >= 4 is 23.1 Å². The van der Waals surface area contributed by atoms with Crippen LogP contribution >= 0.6 is 11.6 Å². The summed E-state index contributed by atoms with van der Waals surface area (Å²) >= 11 is 5.73. The largest absolute Gasteiger partial charge is 0.469 e. The Bertz CT molecular complexity index is 608. The lowest BCUT2D eigenvalue weighted by atomic mass is 10.1. The third-order valence-electron chi connectivity index (χ3n) is 3.16. The number of nitrogens with zero attached hydrogens (tertiary/aromatic N) is 3. The number of hydrogen-bond acceptors (Lipinski definition) is 4. The summed E-state index contributed by atoms with van der Waals surface area (Å²) in [4.78, 5) is 15.5. The average molecular weight is 252 g/mol. The molecule has 1 unspecified atom stereocenters. The van der Waals surface area contributed by atoms with Crippen LogP contribution in [-0.4, -0.2) is 27.7 Å². The highest BCUT2D eigenvalue weighted by Gasteiger charge is 2.31. The molecule has 17 heavy (non-hydrogen) atoms. The van der Waals surface area contributed by atoms with Crippen molar-refractivity contribution in [1.29, 1.82) is 0 Å². The minimum absolute atomic E-state index is 0.0781. The van der Waals surface area contributed by atoms with Gasteiger partial charge in [-0.25, -0.2) is 9.50 Å². The first-order chi connectivity index (χ1) is 8.19. The van der Waals surface area contributed by atoms with Gasteiger partial charge in [0.25, 0.3) is 0 Å². The molecule has 0 radical (unpaired) electrons. The van der Waals surface area contributed by atoms with Crippen molar-refractivity contribution in [1.82, 2.24) is 14.6 Å². The van der Waals surface area contributed by atoms with E-state index < -0.39 is 0 Å². The van der Waals surface area contributed by atoms with Gasteiger partial charge >= 0.3 is 5.97 Å². The molecule has 0 bridgehead atoms. The Kier molecular flexibility index (Phi) is 2.29. The van der Waals surface area contributed by atoms with Crippen LogP contribution in [0.25, 0.3) is 5.52 Å². The van der Waals surface area contributed by atoms with Crippen LogP contribution in [0.2, 0.25) is 5.28 Å². The first kappa shape index (κ1) is 10.5. The van der Waals surface area contributed by atoms with E-state index in [1.807, 2.05) is 6.20 Å². The van der Waals surface area contributed by atoms with Crippen molar-refractivity contribution in [3.05, 3.63) is 28.8 Å². The van der Waals surface area contributed by atoms with E-state index in [4.69, 9.17) is 16.3 Å². The van der Waals surface area contributed by atoms with E-state index in [9.17, 15) is 4.79 Å². The molecule has 0 saturated carbocycles. The number of ether oxygens (including phenoxy) is 1. The summed E-state index contributed by atoms with van der Waals surface area (Å²) in [6.07, 6.45) is 4.97. The van der Waals surface area contributed by atoms with Crippen molar-refractivity contribution in [2.75, 3.05) is 7.11 Å². The number of halogens is 1. The van der Waals surface area contributed by atoms with E-state index in [-0.39, 0.29) is 17.2 Å². The molecular formula is C11H10ClN3O2. The molecule has 0 N–H and O–H groups in total. The van der Waals surface area contributed by atoms with Gasteiger partial charge in [0, 0.05) is 6.20 Å². The van der Waals surface area contributed by atoms with Gasteiger partial charge in [-0.2, -0.15) is 0 Å². The maximum Gasteiger partial charge on any atom is 0.309 e. The maximum absolute atomic E-state index is 11.5. The molecule has 2 heterocycles. The van der Waals surface area contributed by atoms with Gasteiger partial charge in [0.2, 0.25) is 5.28 Å². The van der Waals surface area contributed by atoms with E-state index in [0.29, 0.717) is 12.8 Å². The highest BCUT2D eigenvalue weighted by molar-refractivity contribution is 6.28. The molecular weight excluding hydrogens is 242 g/mol. The third-order valence-corrected chi connectivity index (χ3v) is 3.33. The van der Waals surface area contributed by atoms with E-state index in [1.54, 1.807) is 10.7 Å². The fourth-order valence-electron chi connectivity index (χ4n) is 2.38. The number of esters is 1. The first-order valence-electron chi connectivity index (χ1n) is 5.28. The second kappa shape index (κ2) is 3.70. The molecule has 0 amide bonds. The fourth-order valence-corrected chi connectivity index (χ4v) is 2.51. The van der Waals surface area contributed by atoms with Crippen LogP contribution in [-0.2, 0) is 22.4 Å². The lowest BCUT2D eigenvalue weighted by Crippen LogP contribution is -2.16. The second-order valence-corrected chi connectivity index (χ2v) is 4.46. The standard InChI is InChI=1S/C11H10ClN3O2/c1-17-10(16)6-2-7-5-15-9(8(7)3-6)4-13-11(12)14-15/h4-6H,2-3H2,1H3. The monoisotopic (exact) mass is 251 g/mol. The van der Waals surface area contributed by atoms with Gasteiger partial charge in [0.1, 0.15) is 0 Å². The Labute approximate surface area is 102 Å². The van der Waals surface area contributed by atoms with E-state index >= 15 is 0 Å². The van der Waals surface area contributed by atoms with Crippen molar-refractivity contribution in [2.45, 2.75) is 12.8 Å². The van der Waals surface area contributed by atoms with Crippen molar-refractivity contribution in [3.8, 4) is 0 Å². The molecule has 0 aliphatic heterocycles. The number of aromatic nitrogens is 3. The molecule has 6 heteroatoms. The van der Waals surface area contributed by atoms with Gasteiger partial charge in [0.15, 0.2) is 0 Å². The topological polar surface area (TPSA) is 56.5 Å². The number of carbonyl (C=O) groups excluding carboxylic acids is 1. The molecule has 1 atom stereocenters. The van der Waals surface area contributed by atoms with E-state index in [2.05, 4.69) is 10.1 Å². The molecule has 5 nitrogen and oxygen atoms in total. The SMILES string of the molecule is COC(=O)C1Cc2cn3nc(Cl)ncc3c2C1. The smallest absolute Gasteiger partial charge is 0.309 e. The van der Waals surface area contributed by atoms with Crippen LogP contribution in [0.1, 0.15) is 11.1 Å². The molecule has 1 aliphatic rings. The number of fused-ring (bicyclic) bond motifs is 3. The summed E-state index contributed by atoms with van der Waals surface area (Å²) < 4.78 is 6.48. The fraction of sp³-hybridized carbons (Fsp3) is 0.364. The molecule has 0 spiro atoms. The number of methoxy groups -OCH3 is 1. The van der Waals surface area contributed by atoms with Gasteiger partial charge in [-0.15, -0.1) is 5.10 Å². The van der Waals surface area contributed by atoms with E-state index in [0.717, 1.165) is 16.6 Å². The minimum atomic E-state index is -0.158. The lowest BCUT2D eigenvalue weighted by molar-refractivity contribution is -0.145. The molecule has 3 rings (SSSR count). The molecule has 0 fully saturated rings. The summed E-state index contributed by atoms with van der Waals surface area (Å²) in [5, 5.41) is 4.30. The highest BCUT2D eigenvalue weighted by atomic mass is 35.5.